The third kappa shape index (κ3) is 4.44. The molecule has 0 saturated carbocycles. The number of hydrogen-bond acceptors (Lipinski definition) is 2. The zero-order valence-electron chi connectivity index (χ0n) is 10.8. The minimum Gasteiger partial charge on any atom is -0.325 e. The summed E-state index contributed by atoms with van der Waals surface area (Å²) in [5.74, 6) is 0.256. The van der Waals surface area contributed by atoms with Crippen molar-refractivity contribution in [2.45, 2.75) is 11.8 Å². The SMILES string of the molecule is Cc1ccccc1SCC(=O)Nc1cc(Cl)cc(Cl)c1. The monoisotopic (exact) mass is 325 g/mol. The molecule has 0 bridgehead atoms. The van der Waals surface area contributed by atoms with Crippen LogP contribution in [0.25, 0.3) is 0 Å². The van der Waals surface area contributed by atoms with Gasteiger partial charge in [-0.1, -0.05) is 41.4 Å². The van der Waals surface area contributed by atoms with Crippen molar-refractivity contribution >= 4 is 46.6 Å². The molecule has 0 aromatic heterocycles. The first-order chi connectivity index (χ1) is 9.54. The fraction of sp³-hybridized carbons (Fsp3) is 0.133. The molecule has 2 nitrogen and oxygen atoms in total. The van der Waals surface area contributed by atoms with E-state index in [1.807, 2.05) is 31.2 Å². The summed E-state index contributed by atoms with van der Waals surface area (Å²) in [7, 11) is 0. The highest BCUT2D eigenvalue weighted by Crippen LogP contribution is 2.24. The van der Waals surface area contributed by atoms with Gasteiger partial charge in [-0.3, -0.25) is 4.79 Å². The predicted octanol–water partition coefficient (Wildman–Crippen LogP) is 5.03. The maximum atomic E-state index is 11.9. The van der Waals surface area contributed by atoms with E-state index >= 15 is 0 Å². The Morgan fingerprint density at radius 3 is 2.45 bits per heavy atom. The van der Waals surface area contributed by atoms with E-state index < -0.39 is 0 Å². The highest BCUT2D eigenvalue weighted by Gasteiger charge is 2.06. The number of anilines is 1. The second-order valence-corrected chi connectivity index (χ2v) is 6.15. The minimum atomic E-state index is -0.0865. The molecule has 1 N–H and O–H groups in total. The lowest BCUT2D eigenvalue weighted by Gasteiger charge is -2.07. The van der Waals surface area contributed by atoms with Gasteiger partial charge in [0.1, 0.15) is 0 Å². The van der Waals surface area contributed by atoms with Gasteiger partial charge < -0.3 is 5.32 Å². The summed E-state index contributed by atoms with van der Waals surface area (Å²) in [4.78, 5) is 13.0. The van der Waals surface area contributed by atoms with E-state index in [0.717, 1.165) is 10.5 Å². The average molecular weight is 326 g/mol. The Labute approximate surface area is 132 Å². The van der Waals surface area contributed by atoms with E-state index in [0.29, 0.717) is 21.5 Å². The van der Waals surface area contributed by atoms with Crippen molar-refractivity contribution in [1.29, 1.82) is 0 Å². The van der Waals surface area contributed by atoms with Crippen molar-refractivity contribution < 1.29 is 4.79 Å². The molecule has 0 saturated heterocycles. The largest absolute Gasteiger partial charge is 0.325 e. The molecule has 2 aromatic carbocycles. The number of hydrogen-bond donors (Lipinski definition) is 1. The molecule has 0 fully saturated rings. The molecular formula is C15H13Cl2NOS. The Bertz CT molecular complexity index is 611. The van der Waals surface area contributed by atoms with Crippen LogP contribution >= 0.6 is 35.0 Å². The van der Waals surface area contributed by atoms with E-state index in [1.54, 1.807) is 18.2 Å². The van der Waals surface area contributed by atoms with Crippen LogP contribution in [0.5, 0.6) is 0 Å². The standard InChI is InChI=1S/C15H13Cl2NOS/c1-10-4-2-3-5-14(10)20-9-15(19)18-13-7-11(16)6-12(17)8-13/h2-8H,9H2,1H3,(H,18,19). The Hall–Kier alpha value is -1.16. The highest BCUT2D eigenvalue weighted by atomic mass is 35.5. The van der Waals surface area contributed by atoms with Crippen molar-refractivity contribution in [3.05, 3.63) is 58.1 Å². The Kier molecular flexibility index (Phi) is 5.35. The number of amides is 1. The molecule has 0 heterocycles. The van der Waals surface area contributed by atoms with Gasteiger partial charge in [0.25, 0.3) is 0 Å². The molecule has 0 spiro atoms. The molecule has 0 unspecified atom stereocenters. The third-order valence-electron chi connectivity index (χ3n) is 2.60. The smallest absolute Gasteiger partial charge is 0.234 e. The zero-order valence-corrected chi connectivity index (χ0v) is 13.1. The predicted molar refractivity (Wildman–Crippen MR) is 87.0 cm³/mol. The van der Waals surface area contributed by atoms with Crippen LogP contribution in [0.2, 0.25) is 10.0 Å². The van der Waals surface area contributed by atoms with Gasteiger partial charge in [-0.2, -0.15) is 0 Å². The normalized spacial score (nSPS) is 10.3. The lowest BCUT2D eigenvalue weighted by Crippen LogP contribution is -2.14. The van der Waals surface area contributed by atoms with Gasteiger partial charge in [-0.25, -0.2) is 0 Å². The summed E-state index contributed by atoms with van der Waals surface area (Å²) in [6.45, 7) is 2.02. The lowest BCUT2D eigenvalue weighted by atomic mass is 10.2. The van der Waals surface area contributed by atoms with Crippen molar-refractivity contribution in [3.8, 4) is 0 Å². The van der Waals surface area contributed by atoms with E-state index in [1.165, 1.54) is 11.8 Å². The maximum absolute atomic E-state index is 11.9. The first-order valence-corrected chi connectivity index (χ1v) is 7.73. The van der Waals surface area contributed by atoms with Crippen LogP contribution in [0.3, 0.4) is 0 Å². The molecule has 2 aromatic rings. The Morgan fingerprint density at radius 1 is 1.15 bits per heavy atom. The van der Waals surface area contributed by atoms with E-state index in [9.17, 15) is 4.79 Å². The van der Waals surface area contributed by atoms with Gasteiger partial charge in [0.05, 0.1) is 5.75 Å². The number of carbonyl (C=O) groups is 1. The van der Waals surface area contributed by atoms with Gasteiger partial charge in [0.2, 0.25) is 5.91 Å². The molecule has 20 heavy (non-hydrogen) atoms. The van der Waals surface area contributed by atoms with E-state index in [4.69, 9.17) is 23.2 Å². The van der Waals surface area contributed by atoms with Gasteiger partial charge in [0.15, 0.2) is 0 Å². The van der Waals surface area contributed by atoms with Crippen molar-refractivity contribution in [2.75, 3.05) is 11.1 Å². The van der Waals surface area contributed by atoms with Gasteiger partial charge in [0, 0.05) is 20.6 Å². The molecule has 0 radical (unpaired) electrons. The molecule has 104 valence electrons. The topological polar surface area (TPSA) is 29.1 Å². The maximum Gasteiger partial charge on any atom is 0.234 e. The van der Waals surface area contributed by atoms with E-state index in [-0.39, 0.29) is 5.91 Å². The summed E-state index contributed by atoms with van der Waals surface area (Å²) < 4.78 is 0. The van der Waals surface area contributed by atoms with Crippen LogP contribution in [0, 0.1) is 6.92 Å². The van der Waals surface area contributed by atoms with Crippen molar-refractivity contribution in [3.63, 3.8) is 0 Å². The van der Waals surface area contributed by atoms with E-state index in [2.05, 4.69) is 5.32 Å². The second kappa shape index (κ2) is 7.02. The number of nitrogens with one attached hydrogen (secondary N) is 1. The number of benzene rings is 2. The number of carbonyl (C=O) groups excluding carboxylic acids is 1. The van der Waals surface area contributed by atoms with Crippen LogP contribution in [-0.2, 0) is 4.79 Å². The molecule has 0 atom stereocenters. The number of aryl methyl sites for hydroxylation is 1. The lowest BCUT2D eigenvalue weighted by molar-refractivity contribution is -0.113. The Morgan fingerprint density at radius 2 is 1.80 bits per heavy atom. The molecule has 2 rings (SSSR count). The first-order valence-electron chi connectivity index (χ1n) is 5.99. The van der Waals surface area contributed by atoms with Crippen LogP contribution < -0.4 is 5.32 Å². The molecule has 0 aliphatic carbocycles. The van der Waals surface area contributed by atoms with Crippen LogP contribution in [0.4, 0.5) is 5.69 Å². The number of thioether (sulfide) groups is 1. The summed E-state index contributed by atoms with van der Waals surface area (Å²) in [5.41, 5.74) is 1.77. The average Bonchev–Trinajstić information content (AvgIpc) is 2.36. The van der Waals surface area contributed by atoms with Crippen LogP contribution in [0.15, 0.2) is 47.4 Å². The second-order valence-electron chi connectivity index (χ2n) is 4.26. The molecule has 0 aliphatic heterocycles. The molecule has 1 amide bonds. The summed E-state index contributed by atoms with van der Waals surface area (Å²) >= 11 is 13.3. The fourth-order valence-electron chi connectivity index (χ4n) is 1.68. The summed E-state index contributed by atoms with van der Waals surface area (Å²) in [6, 6.07) is 12.9. The van der Waals surface area contributed by atoms with Gasteiger partial charge in [-0.05, 0) is 36.8 Å². The first kappa shape index (κ1) is 15.2. The molecule has 5 heteroatoms. The van der Waals surface area contributed by atoms with Crippen LogP contribution in [-0.4, -0.2) is 11.7 Å². The minimum absolute atomic E-state index is 0.0865. The molecular weight excluding hydrogens is 313 g/mol. The van der Waals surface area contributed by atoms with Gasteiger partial charge >= 0.3 is 0 Å². The quantitative estimate of drug-likeness (QED) is 0.798. The molecule has 0 aliphatic rings. The third-order valence-corrected chi connectivity index (χ3v) is 4.21. The summed E-state index contributed by atoms with van der Waals surface area (Å²) in [5, 5.41) is 3.78. The van der Waals surface area contributed by atoms with Crippen molar-refractivity contribution in [2.24, 2.45) is 0 Å². The number of rotatable bonds is 4. The zero-order chi connectivity index (χ0) is 14.5. The van der Waals surface area contributed by atoms with Crippen LogP contribution in [0.1, 0.15) is 5.56 Å². The van der Waals surface area contributed by atoms with Gasteiger partial charge in [-0.15, -0.1) is 11.8 Å². The highest BCUT2D eigenvalue weighted by molar-refractivity contribution is 8.00. The van der Waals surface area contributed by atoms with Crippen molar-refractivity contribution in [1.82, 2.24) is 0 Å². The Balaban J connectivity index is 1.94. The fourth-order valence-corrected chi connectivity index (χ4v) is 3.04. The number of halogens is 2. The summed E-state index contributed by atoms with van der Waals surface area (Å²) in [6.07, 6.45) is 0.